The smallest absolute Gasteiger partial charge is 0.244 e. The van der Waals surface area contributed by atoms with E-state index in [1.807, 2.05) is 0 Å². The Labute approximate surface area is 148 Å². The van der Waals surface area contributed by atoms with E-state index < -0.39 is 8.24 Å². The normalized spacial score (nSPS) is 14.8. The van der Waals surface area contributed by atoms with Crippen molar-refractivity contribution in [2.24, 2.45) is 5.92 Å². The van der Waals surface area contributed by atoms with Crippen molar-refractivity contribution in [3.8, 4) is 0 Å². The Bertz CT molecular complexity index is 618. The Morgan fingerprint density at radius 2 is 1.54 bits per heavy atom. The lowest BCUT2D eigenvalue weighted by Gasteiger charge is -2.28. The third kappa shape index (κ3) is 4.47. The second kappa shape index (κ2) is 7.52. The number of hydrogen-bond donors (Lipinski definition) is 1. The maximum atomic E-state index is 13.2. The molecule has 1 N–H and O–H groups in total. The largest absolute Gasteiger partial charge is 0.378 e. The Kier molecular flexibility index (Phi) is 5.86. The fourth-order valence-corrected chi connectivity index (χ4v) is 5.73. The first-order valence-electron chi connectivity index (χ1n) is 9.01. The molecule has 0 unspecified atom stereocenters. The van der Waals surface area contributed by atoms with Gasteiger partial charge in [-0.05, 0) is 34.9 Å². The van der Waals surface area contributed by atoms with Crippen LogP contribution >= 0.6 is 0 Å². The first kappa shape index (κ1) is 18.7. The number of amides is 1. The molecule has 2 nitrogen and oxygen atoms in total. The molecule has 1 amide bonds. The maximum absolute atomic E-state index is 13.2. The van der Waals surface area contributed by atoms with Crippen molar-refractivity contribution in [3.63, 3.8) is 0 Å². The summed E-state index contributed by atoms with van der Waals surface area (Å²) in [5, 5.41) is 0. The molecule has 1 aromatic carbocycles. The number of allylic oxidation sites excluding steroid dienone is 4. The third-order valence-corrected chi connectivity index (χ3v) is 7.02. The third-order valence-electron chi connectivity index (χ3n) is 4.63. The van der Waals surface area contributed by atoms with Gasteiger partial charge in [0.25, 0.3) is 0 Å². The lowest BCUT2D eigenvalue weighted by Crippen LogP contribution is -2.49. The lowest BCUT2D eigenvalue weighted by molar-refractivity contribution is 0.0975. The van der Waals surface area contributed by atoms with Crippen LogP contribution in [0.4, 0.5) is 0 Å². The summed E-state index contributed by atoms with van der Waals surface area (Å²) in [5.74, 6) is 1.27. The predicted octanol–water partition coefficient (Wildman–Crippen LogP) is 5.61. The number of nitrogens with one attached hydrogen (secondary N) is 1. The minimum Gasteiger partial charge on any atom is -0.378 e. The van der Waals surface area contributed by atoms with E-state index in [4.69, 9.17) is 0 Å². The van der Waals surface area contributed by atoms with E-state index in [1.54, 1.807) is 0 Å². The Hall–Kier alpha value is -1.61. The highest BCUT2D eigenvalue weighted by Crippen LogP contribution is 2.29. The topological polar surface area (TPSA) is 29.1 Å². The molecule has 1 aromatic rings. The van der Waals surface area contributed by atoms with E-state index in [2.05, 4.69) is 88.3 Å². The van der Waals surface area contributed by atoms with Gasteiger partial charge in [0.1, 0.15) is 0 Å². The van der Waals surface area contributed by atoms with Crippen LogP contribution < -0.4 is 4.98 Å². The minimum atomic E-state index is -1.83. The zero-order valence-electron chi connectivity index (χ0n) is 15.9. The van der Waals surface area contributed by atoms with E-state index in [0.29, 0.717) is 17.8 Å². The van der Waals surface area contributed by atoms with Crippen molar-refractivity contribution in [1.82, 2.24) is 4.98 Å². The van der Waals surface area contributed by atoms with Gasteiger partial charge in [0.05, 0.1) is 0 Å². The first-order chi connectivity index (χ1) is 11.2. The molecule has 1 aliphatic rings. The lowest BCUT2D eigenvalue weighted by atomic mass is 9.88. The zero-order chi connectivity index (χ0) is 17.9. The van der Waals surface area contributed by atoms with Gasteiger partial charge in [0.15, 0.2) is 8.24 Å². The molecular weight excluding hydrogens is 310 g/mol. The number of benzene rings is 1. The summed E-state index contributed by atoms with van der Waals surface area (Å²) in [6, 6.07) is 7.33. The van der Waals surface area contributed by atoms with Gasteiger partial charge in [-0.25, -0.2) is 0 Å². The average molecular weight is 342 g/mol. The molecule has 0 saturated carbocycles. The van der Waals surface area contributed by atoms with Crippen molar-refractivity contribution in [2.45, 2.75) is 58.7 Å². The van der Waals surface area contributed by atoms with Crippen LogP contribution in [-0.2, 0) is 0 Å². The molecule has 0 saturated heterocycles. The van der Waals surface area contributed by atoms with Crippen LogP contribution in [0.3, 0.4) is 0 Å². The van der Waals surface area contributed by atoms with Gasteiger partial charge in [0, 0.05) is 5.56 Å². The fraction of sp³-hybridized carbons (Fsp3) is 0.476. The van der Waals surface area contributed by atoms with Gasteiger partial charge in [-0.15, -0.1) is 0 Å². The zero-order valence-corrected chi connectivity index (χ0v) is 16.9. The molecule has 24 heavy (non-hydrogen) atoms. The van der Waals surface area contributed by atoms with Crippen LogP contribution in [0, 0.1) is 5.92 Å². The van der Waals surface area contributed by atoms with Gasteiger partial charge in [-0.2, -0.15) is 0 Å². The molecule has 0 heterocycles. The molecule has 0 fully saturated rings. The fourth-order valence-electron chi connectivity index (χ4n) is 3.44. The number of carbonyl (C=O) groups excluding carboxylic acids is 1. The molecule has 1 aliphatic carbocycles. The molecule has 0 radical (unpaired) electrons. The van der Waals surface area contributed by atoms with Crippen LogP contribution in [-0.4, -0.2) is 14.1 Å². The van der Waals surface area contributed by atoms with Crippen LogP contribution in [0.25, 0.3) is 0 Å². The second-order valence-corrected chi connectivity index (χ2v) is 12.5. The van der Waals surface area contributed by atoms with E-state index in [0.717, 1.165) is 22.7 Å². The molecular formula is C21H31NOSi. The summed E-state index contributed by atoms with van der Waals surface area (Å²) >= 11 is 0. The highest BCUT2D eigenvalue weighted by Gasteiger charge is 2.29. The van der Waals surface area contributed by atoms with Crippen molar-refractivity contribution < 1.29 is 4.79 Å². The molecule has 0 bridgehead atoms. The van der Waals surface area contributed by atoms with Crippen molar-refractivity contribution in [1.29, 1.82) is 0 Å². The molecule has 0 spiro atoms. The van der Waals surface area contributed by atoms with Crippen molar-refractivity contribution in [3.05, 3.63) is 59.2 Å². The Balaban J connectivity index is 2.28. The second-order valence-electron chi connectivity index (χ2n) is 8.10. The van der Waals surface area contributed by atoms with Crippen molar-refractivity contribution in [2.75, 3.05) is 0 Å². The molecule has 0 aliphatic heterocycles. The van der Waals surface area contributed by atoms with Crippen LogP contribution in [0.15, 0.2) is 42.5 Å². The highest BCUT2D eigenvalue weighted by molar-refractivity contribution is 6.77. The Morgan fingerprint density at radius 1 is 1.04 bits per heavy atom. The molecule has 0 atom stereocenters. The van der Waals surface area contributed by atoms with Crippen molar-refractivity contribution >= 4 is 14.1 Å². The van der Waals surface area contributed by atoms with E-state index in [1.165, 1.54) is 0 Å². The molecule has 3 heteroatoms. The summed E-state index contributed by atoms with van der Waals surface area (Å²) in [7, 11) is -1.83. The Morgan fingerprint density at radius 3 is 2.00 bits per heavy atom. The summed E-state index contributed by atoms with van der Waals surface area (Å²) in [4.78, 5) is 16.6. The van der Waals surface area contributed by atoms with Crippen LogP contribution in [0.2, 0.25) is 19.1 Å². The van der Waals surface area contributed by atoms with Gasteiger partial charge in [-0.3, -0.25) is 4.79 Å². The van der Waals surface area contributed by atoms with Gasteiger partial charge in [0.2, 0.25) is 5.91 Å². The average Bonchev–Trinajstić information content (AvgIpc) is 2.97. The monoisotopic (exact) mass is 341 g/mol. The van der Waals surface area contributed by atoms with Gasteiger partial charge >= 0.3 is 0 Å². The molecule has 0 aromatic heterocycles. The quantitative estimate of drug-likeness (QED) is 0.669. The van der Waals surface area contributed by atoms with E-state index >= 15 is 0 Å². The standard InChI is InChI=1S/C21H31NOSi/c1-15(2)18-12-9-13-19(16(3)4)20(18)21(23)22-24(5,6)14-17-10-7-8-11-17/h7-13,15-17H,14H2,1-6H3,(H,22,23). The SMILES string of the molecule is CC(C)c1cccc(C(C)C)c1C(=O)N[Si](C)(C)CC1C=CC=C1. The van der Waals surface area contributed by atoms with Gasteiger partial charge < -0.3 is 4.98 Å². The minimum absolute atomic E-state index is 0.116. The number of rotatable bonds is 6. The summed E-state index contributed by atoms with van der Waals surface area (Å²) in [6.07, 6.45) is 8.65. The predicted molar refractivity (Wildman–Crippen MR) is 106 cm³/mol. The van der Waals surface area contributed by atoms with E-state index in [9.17, 15) is 4.79 Å². The highest BCUT2D eigenvalue weighted by atomic mass is 28.3. The van der Waals surface area contributed by atoms with Gasteiger partial charge in [-0.1, -0.05) is 83.3 Å². The summed E-state index contributed by atoms with van der Waals surface area (Å²) in [6.45, 7) is 13.1. The maximum Gasteiger partial charge on any atom is 0.244 e. The molecule has 2 rings (SSSR count). The summed E-state index contributed by atoms with van der Waals surface area (Å²) in [5.41, 5.74) is 3.22. The van der Waals surface area contributed by atoms with E-state index in [-0.39, 0.29) is 5.91 Å². The number of carbonyl (C=O) groups is 1. The first-order valence-corrected chi connectivity index (χ1v) is 12.2. The van der Waals surface area contributed by atoms with Crippen LogP contribution in [0.5, 0.6) is 0 Å². The molecule has 130 valence electrons. The number of hydrogen-bond acceptors (Lipinski definition) is 1. The van der Waals surface area contributed by atoms with Crippen LogP contribution in [0.1, 0.15) is 61.0 Å². The summed E-state index contributed by atoms with van der Waals surface area (Å²) < 4.78 is 0.